The molecule has 0 rings (SSSR count). The number of ether oxygens (including phenoxy) is 1. The van der Waals surface area contributed by atoms with Crippen LogP contribution in [-0.4, -0.2) is 43.8 Å². The fourth-order valence-electron chi connectivity index (χ4n) is 2.25. The van der Waals surface area contributed by atoms with Gasteiger partial charge in [-0.15, -0.1) is 0 Å². The molecule has 0 radical (unpaired) electrons. The molecule has 3 nitrogen and oxygen atoms in total. The summed E-state index contributed by atoms with van der Waals surface area (Å²) in [5, 5.41) is 0. The minimum atomic E-state index is 0.0771. The third kappa shape index (κ3) is 3.74. The molecule has 0 aromatic rings. The number of hydrogen-bond acceptors (Lipinski definition) is 3. The average Bonchev–Trinajstić information content (AvgIpc) is 2.20. The van der Waals surface area contributed by atoms with E-state index in [-0.39, 0.29) is 11.6 Å². The molecule has 1 unspecified atom stereocenters. The Balaban J connectivity index is 4.34. The number of rotatable bonds is 8. The van der Waals surface area contributed by atoms with Gasteiger partial charge in [0.1, 0.15) is 0 Å². The molecule has 0 aliphatic carbocycles. The zero-order valence-corrected chi connectivity index (χ0v) is 11.0. The van der Waals surface area contributed by atoms with Gasteiger partial charge in [-0.05, 0) is 33.4 Å². The lowest BCUT2D eigenvalue weighted by molar-refractivity contribution is 0.0399. The Morgan fingerprint density at radius 2 is 1.73 bits per heavy atom. The summed E-state index contributed by atoms with van der Waals surface area (Å²) in [7, 11) is 4.21. The molecule has 0 saturated carbocycles. The van der Waals surface area contributed by atoms with E-state index in [1.165, 1.54) is 0 Å². The van der Waals surface area contributed by atoms with Gasteiger partial charge in [-0.2, -0.15) is 0 Å². The van der Waals surface area contributed by atoms with E-state index in [9.17, 15) is 0 Å². The van der Waals surface area contributed by atoms with Crippen LogP contribution in [0.25, 0.3) is 0 Å². The van der Waals surface area contributed by atoms with Crippen molar-refractivity contribution in [1.82, 2.24) is 4.90 Å². The maximum absolute atomic E-state index is 6.25. The minimum absolute atomic E-state index is 0.0771. The quantitative estimate of drug-likeness (QED) is 0.629. The largest absolute Gasteiger partial charge is 0.380 e. The Bertz CT molecular complexity index is 156. The van der Waals surface area contributed by atoms with Crippen molar-refractivity contribution in [2.24, 2.45) is 5.73 Å². The number of nitrogens with two attached hydrogens (primary N) is 1. The lowest BCUT2D eigenvalue weighted by Crippen LogP contribution is -2.58. The summed E-state index contributed by atoms with van der Waals surface area (Å²) in [5.74, 6) is 0. The monoisotopic (exact) mass is 216 g/mol. The van der Waals surface area contributed by atoms with Gasteiger partial charge in [0.2, 0.25) is 0 Å². The van der Waals surface area contributed by atoms with Crippen molar-refractivity contribution in [3.63, 3.8) is 0 Å². The standard InChI is InChI=1S/C12H28N2O/c1-6-9-15-10-11(13)12(7-2,8-3)14(4)5/h11H,6-10,13H2,1-5H3. The molecule has 0 heterocycles. The fourth-order valence-corrected chi connectivity index (χ4v) is 2.25. The van der Waals surface area contributed by atoms with Crippen LogP contribution in [0.2, 0.25) is 0 Å². The first-order valence-corrected chi connectivity index (χ1v) is 6.05. The molecule has 0 aromatic carbocycles. The lowest BCUT2D eigenvalue weighted by Gasteiger charge is -2.43. The molecule has 0 aliphatic heterocycles. The summed E-state index contributed by atoms with van der Waals surface area (Å²) in [4.78, 5) is 2.24. The first kappa shape index (κ1) is 14.9. The van der Waals surface area contributed by atoms with Crippen LogP contribution < -0.4 is 5.73 Å². The zero-order valence-electron chi connectivity index (χ0n) is 11.0. The molecule has 1 atom stereocenters. The van der Waals surface area contributed by atoms with E-state index in [1.54, 1.807) is 0 Å². The SMILES string of the molecule is CCCOCC(N)C(CC)(CC)N(C)C. The van der Waals surface area contributed by atoms with E-state index in [0.29, 0.717) is 6.61 Å². The van der Waals surface area contributed by atoms with Crippen molar-refractivity contribution in [3.05, 3.63) is 0 Å². The second-order valence-corrected chi connectivity index (χ2v) is 4.39. The van der Waals surface area contributed by atoms with Crippen LogP contribution in [0.15, 0.2) is 0 Å². The first-order valence-electron chi connectivity index (χ1n) is 6.05. The second-order valence-electron chi connectivity index (χ2n) is 4.39. The Morgan fingerprint density at radius 3 is 2.07 bits per heavy atom. The van der Waals surface area contributed by atoms with E-state index in [1.807, 2.05) is 0 Å². The molecule has 2 N–H and O–H groups in total. The van der Waals surface area contributed by atoms with Crippen LogP contribution in [0.3, 0.4) is 0 Å². The third-order valence-electron chi connectivity index (χ3n) is 3.45. The molecular weight excluding hydrogens is 188 g/mol. The van der Waals surface area contributed by atoms with E-state index in [4.69, 9.17) is 10.5 Å². The van der Waals surface area contributed by atoms with Crippen LogP contribution in [0.4, 0.5) is 0 Å². The van der Waals surface area contributed by atoms with Crippen LogP contribution >= 0.6 is 0 Å². The van der Waals surface area contributed by atoms with Crippen molar-refractivity contribution in [1.29, 1.82) is 0 Å². The summed E-state index contributed by atoms with van der Waals surface area (Å²) >= 11 is 0. The molecule has 0 fully saturated rings. The minimum Gasteiger partial charge on any atom is -0.380 e. The highest BCUT2D eigenvalue weighted by atomic mass is 16.5. The fraction of sp³-hybridized carbons (Fsp3) is 1.00. The molecule has 3 heteroatoms. The topological polar surface area (TPSA) is 38.5 Å². The second kappa shape index (κ2) is 7.20. The summed E-state index contributed by atoms with van der Waals surface area (Å²) in [6.07, 6.45) is 3.18. The number of hydrogen-bond donors (Lipinski definition) is 1. The van der Waals surface area contributed by atoms with E-state index >= 15 is 0 Å². The molecule has 0 bridgehead atoms. The van der Waals surface area contributed by atoms with Gasteiger partial charge in [-0.3, -0.25) is 0 Å². The van der Waals surface area contributed by atoms with Gasteiger partial charge in [0, 0.05) is 18.2 Å². The van der Waals surface area contributed by atoms with E-state index < -0.39 is 0 Å². The van der Waals surface area contributed by atoms with Crippen LogP contribution in [-0.2, 0) is 4.74 Å². The van der Waals surface area contributed by atoms with E-state index in [2.05, 4.69) is 39.8 Å². The highest BCUT2D eigenvalue weighted by molar-refractivity contribution is 4.95. The predicted octanol–water partition coefficient (Wildman–Crippen LogP) is 1.86. The van der Waals surface area contributed by atoms with Crippen LogP contribution in [0, 0.1) is 0 Å². The summed E-state index contributed by atoms with van der Waals surface area (Å²) in [6, 6.07) is 0.0917. The van der Waals surface area contributed by atoms with Crippen molar-refractivity contribution in [3.8, 4) is 0 Å². The van der Waals surface area contributed by atoms with Gasteiger partial charge in [0.25, 0.3) is 0 Å². The van der Waals surface area contributed by atoms with Crippen molar-refractivity contribution < 1.29 is 4.74 Å². The smallest absolute Gasteiger partial charge is 0.0635 e. The highest BCUT2D eigenvalue weighted by Gasteiger charge is 2.35. The summed E-state index contributed by atoms with van der Waals surface area (Å²) < 4.78 is 5.55. The Hall–Kier alpha value is -0.120. The van der Waals surface area contributed by atoms with Crippen molar-refractivity contribution in [2.45, 2.75) is 51.6 Å². The molecule has 0 aliphatic rings. The lowest BCUT2D eigenvalue weighted by atomic mass is 9.84. The summed E-state index contributed by atoms with van der Waals surface area (Å²) in [5.41, 5.74) is 6.33. The van der Waals surface area contributed by atoms with Gasteiger partial charge in [0.05, 0.1) is 6.61 Å². The molecule has 0 saturated heterocycles. The maximum Gasteiger partial charge on any atom is 0.0635 e. The van der Waals surface area contributed by atoms with Crippen molar-refractivity contribution in [2.75, 3.05) is 27.3 Å². The molecule has 0 amide bonds. The molecule has 92 valence electrons. The van der Waals surface area contributed by atoms with E-state index in [0.717, 1.165) is 25.9 Å². The van der Waals surface area contributed by atoms with Crippen LogP contribution in [0.1, 0.15) is 40.0 Å². The average molecular weight is 216 g/mol. The third-order valence-corrected chi connectivity index (χ3v) is 3.45. The Kier molecular flexibility index (Phi) is 7.14. The first-order chi connectivity index (χ1) is 7.05. The molecule has 0 aromatic heterocycles. The maximum atomic E-state index is 6.25. The van der Waals surface area contributed by atoms with Crippen LogP contribution in [0.5, 0.6) is 0 Å². The molecular formula is C12H28N2O. The molecule has 15 heavy (non-hydrogen) atoms. The normalized spacial score (nSPS) is 14.6. The van der Waals surface area contributed by atoms with Gasteiger partial charge in [0.15, 0.2) is 0 Å². The Morgan fingerprint density at radius 1 is 1.20 bits per heavy atom. The predicted molar refractivity (Wildman–Crippen MR) is 66.1 cm³/mol. The van der Waals surface area contributed by atoms with Gasteiger partial charge >= 0.3 is 0 Å². The van der Waals surface area contributed by atoms with Gasteiger partial charge in [-0.25, -0.2) is 0 Å². The Labute approximate surface area is 95.0 Å². The zero-order chi connectivity index (χ0) is 11.9. The molecule has 0 spiro atoms. The number of likely N-dealkylation sites (N-methyl/N-ethyl adjacent to an activating group) is 1. The van der Waals surface area contributed by atoms with Gasteiger partial charge < -0.3 is 15.4 Å². The van der Waals surface area contributed by atoms with Gasteiger partial charge in [-0.1, -0.05) is 20.8 Å². The van der Waals surface area contributed by atoms with Crippen molar-refractivity contribution >= 4 is 0 Å². The summed E-state index contributed by atoms with van der Waals surface area (Å²) in [6.45, 7) is 7.98. The number of nitrogens with zero attached hydrogens (tertiary/aromatic N) is 1. The highest BCUT2D eigenvalue weighted by Crippen LogP contribution is 2.24.